The zero-order valence-corrected chi connectivity index (χ0v) is 7.73. The Hall–Kier alpha value is -1.00. The molecular formula is C8H9ClFNO2. The highest BCUT2D eigenvalue weighted by Gasteiger charge is 2.15. The van der Waals surface area contributed by atoms with E-state index in [2.05, 4.69) is 0 Å². The van der Waals surface area contributed by atoms with Crippen LogP contribution in [0, 0.1) is 5.82 Å². The molecule has 0 heterocycles. The minimum absolute atomic E-state index is 0.00852. The molecule has 5 heteroatoms. The Morgan fingerprint density at radius 3 is 2.77 bits per heavy atom. The molecule has 0 bridgehead atoms. The third kappa shape index (κ3) is 1.68. The number of benzene rings is 1. The van der Waals surface area contributed by atoms with E-state index in [1.54, 1.807) is 0 Å². The minimum atomic E-state index is -0.735. The third-order valence-electron chi connectivity index (χ3n) is 1.68. The van der Waals surface area contributed by atoms with Crippen molar-refractivity contribution in [1.82, 2.24) is 0 Å². The molecule has 13 heavy (non-hydrogen) atoms. The van der Waals surface area contributed by atoms with Gasteiger partial charge in [0, 0.05) is 18.2 Å². The molecule has 1 rings (SSSR count). The molecule has 1 aromatic carbocycles. The Kier molecular flexibility index (Phi) is 2.95. The number of nitrogens with two attached hydrogens (primary N) is 1. The molecule has 1 aromatic rings. The summed E-state index contributed by atoms with van der Waals surface area (Å²) in [5, 5.41) is 9.10. The lowest BCUT2D eigenvalue weighted by Gasteiger charge is -2.08. The van der Waals surface area contributed by atoms with Gasteiger partial charge in [-0.3, -0.25) is 0 Å². The summed E-state index contributed by atoms with van der Waals surface area (Å²) in [4.78, 5) is 0. The molecule has 0 saturated carbocycles. The Morgan fingerprint density at radius 2 is 2.31 bits per heavy atom. The van der Waals surface area contributed by atoms with Crippen molar-refractivity contribution in [2.45, 2.75) is 6.54 Å². The van der Waals surface area contributed by atoms with Crippen LogP contribution in [0.2, 0.25) is 5.02 Å². The quantitative estimate of drug-likeness (QED) is 0.772. The molecule has 72 valence electrons. The van der Waals surface area contributed by atoms with Crippen LogP contribution in [0.1, 0.15) is 5.56 Å². The molecule has 0 aliphatic heterocycles. The lowest BCUT2D eigenvalue weighted by molar-refractivity contribution is 0.400. The van der Waals surface area contributed by atoms with E-state index in [0.29, 0.717) is 0 Å². The first-order valence-corrected chi connectivity index (χ1v) is 3.93. The molecule has 0 saturated heterocycles. The summed E-state index contributed by atoms with van der Waals surface area (Å²) in [6.07, 6.45) is 0. The molecule has 0 fully saturated rings. The maximum absolute atomic E-state index is 13.3. The van der Waals surface area contributed by atoms with Gasteiger partial charge in [0.2, 0.25) is 0 Å². The molecule has 0 unspecified atom stereocenters. The predicted molar refractivity (Wildman–Crippen MR) is 47.5 cm³/mol. The van der Waals surface area contributed by atoms with Gasteiger partial charge in [-0.1, -0.05) is 11.6 Å². The first-order valence-electron chi connectivity index (χ1n) is 3.55. The average Bonchev–Trinajstić information content (AvgIpc) is 2.12. The summed E-state index contributed by atoms with van der Waals surface area (Å²) in [5.41, 5.74) is 5.20. The molecular weight excluding hydrogens is 197 g/mol. The van der Waals surface area contributed by atoms with Crippen LogP contribution in [0.4, 0.5) is 4.39 Å². The number of rotatable bonds is 2. The van der Waals surface area contributed by atoms with E-state index < -0.39 is 5.82 Å². The molecule has 0 aliphatic rings. The number of ether oxygens (including phenoxy) is 1. The number of phenols is 1. The van der Waals surface area contributed by atoms with Crippen LogP contribution in [0.5, 0.6) is 11.5 Å². The zero-order valence-electron chi connectivity index (χ0n) is 6.97. The van der Waals surface area contributed by atoms with Gasteiger partial charge in [-0.25, -0.2) is 4.39 Å². The molecule has 0 atom stereocenters. The predicted octanol–water partition coefficient (Wildman–Crippen LogP) is 1.65. The second-order valence-electron chi connectivity index (χ2n) is 2.41. The second kappa shape index (κ2) is 3.81. The van der Waals surface area contributed by atoms with Gasteiger partial charge in [0.1, 0.15) is 16.5 Å². The first-order chi connectivity index (χ1) is 6.11. The zero-order chi connectivity index (χ0) is 10.0. The molecule has 0 aromatic heterocycles. The van der Waals surface area contributed by atoms with Gasteiger partial charge in [-0.05, 0) is 0 Å². The van der Waals surface area contributed by atoms with Crippen LogP contribution in [0.3, 0.4) is 0 Å². The third-order valence-corrected chi connectivity index (χ3v) is 2.03. The van der Waals surface area contributed by atoms with Crippen LogP contribution < -0.4 is 10.5 Å². The highest BCUT2D eigenvalue weighted by atomic mass is 35.5. The van der Waals surface area contributed by atoms with Crippen molar-refractivity contribution in [2.75, 3.05) is 7.11 Å². The van der Waals surface area contributed by atoms with E-state index in [4.69, 9.17) is 22.1 Å². The number of hydrogen-bond acceptors (Lipinski definition) is 3. The van der Waals surface area contributed by atoms with Gasteiger partial charge in [0.15, 0.2) is 5.82 Å². The molecule has 0 spiro atoms. The first kappa shape index (κ1) is 10.1. The Morgan fingerprint density at radius 1 is 1.69 bits per heavy atom. The fourth-order valence-electron chi connectivity index (χ4n) is 0.970. The van der Waals surface area contributed by atoms with Crippen LogP contribution >= 0.6 is 11.6 Å². The topological polar surface area (TPSA) is 55.5 Å². The van der Waals surface area contributed by atoms with Crippen molar-refractivity contribution < 1.29 is 14.2 Å². The fourth-order valence-corrected chi connectivity index (χ4v) is 1.22. The van der Waals surface area contributed by atoms with E-state index in [-0.39, 0.29) is 28.6 Å². The number of phenolic OH excluding ortho intramolecular Hbond substituents is 1. The Labute approximate surface area is 79.9 Å². The highest BCUT2D eigenvalue weighted by Crippen LogP contribution is 2.34. The summed E-state index contributed by atoms with van der Waals surface area (Å²) in [7, 11) is 1.34. The summed E-state index contributed by atoms with van der Waals surface area (Å²) < 4.78 is 18.0. The van der Waals surface area contributed by atoms with Gasteiger partial charge in [-0.2, -0.15) is 0 Å². The van der Waals surface area contributed by atoms with Crippen LogP contribution in [-0.2, 0) is 6.54 Å². The van der Waals surface area contributed by atoms with Crippen LogP contribution in [-0.4, -0.2) is 12.2 Å². The van der Waals surface area contributed by atoms with Crippen molar-refractivity contribution in [3.05, 3.63) is 22.5 Å². The average molecular weight is 206 g/mol. The van der Waals surface area contributed by atoms with E-state index in [1.807, 2.05) is 0 Å². The normalized spacial score (nSPS) is 10.2. The van der Waals surface area contributed by atoms with Crippen molar-refractivity contribution in [2.24, 2.45) is 5.73 Å². The maximum atomic E-state index is 13.3. The summed E-state index contributed by atoms with van der Waals surface area (Å²) >= 11 is 5.58. The summed E-state index contributed by atoms with van der Waals surface area (Å²) in [6, 6.07) is 1.23. The lowest BCUT2D eigenvalue weighted by atomic mass is 10.2. The molecule has 0 amide bonds. The van der Waals surface area contributed by atoms with Crippen LogP contribution in [0.25, 0.3) is 0 Å². The highest BCUT2D eigenvalue weighted by molar-refractivity contribution is 6.32. The van der Waals surface area contributed by atoms with Gasteiger partial charge >= 0.3 is 0 Å². The van der Waals surface area contributed by atoms with Crippen molar-refractivity contribution in [3.63, 3.8) is 0 Å². The maximum Gasteiger partial charge on any atom is 0.153 e. The SMILES string of the molecule is COc1cc(O)c(CN)c(F)c1Cl. The van der Waals surface area contributed by atoms with Crippen molar-refractivity contribution in [1.29, 1.82) is 0 Å². The van der Waals surface area contributed by atoms with Crippen molar-refractivity contribution in [3.8, 4) is 11.5 Å². The number of halogens is 2. The van der Waals surface area contributed by atoms with Gasteiger partial charge in [0.05, 0.1) is 7.11 Å². The van der Waals surface area contributed by atoms with E-state index >= 15 is 0 Å². The van der Waals surface area contributed by atoms with Gasteiger partial charge < -0.3 is 15.6 Å². The Balaban J connectivity index is 3.37. The molecule has 0 aliphatic carbocycles. The second-order valence-corrected chi connectivity index (χ2v) is 2.79. The fraction of sp³-hybridized carbons (Fsp3) is 0.250. The lowest BCUT2D eigenvalue weighted by Crippen LogP contribution is -2.02. The standard InChI is InChI=1S/C8H9ClFNO2/c1-13-6-2-5(12)4(3-11)8(10)7(6)9/h2,12H,3,11H2,1H3. The number of hydrogen-bond donors (Lipinski definition) is 2. The van der Waals surface area contributed by atoms with E-state index in [0.717, 1.165) is 0 Å². The number of methoxy groups -OCH3 is 1. The van der Waals surface area contributed by atoms with Gasteiger partial charge in [0.25, 0.3) is 0 Å². The summed E-state index contributed by atoms with van der Waals surface area (Å²) in [6.45, 7) is -0.110. The Bertz CT molecular complexity index is 330. The summed E-state index contributed by atoms with van der Waals surface area (Å²) in [5.74, 6) is -0.892. The molecule has 0 radical (unpaired) electrons. The smallest absolute Gasteiger partial charge is 0.153 e. The largest absolute Gasteiger partial charge is 0.507 e. The molecule has 3 nitrogen and oxygen atoms in total. The van der Waals surface area contributed by atoms with E-state index in [9.17, 15) is 9.50 Å². The van der Waals surface area contributed by atoms with Crippen LogP contribution in [0.15, 0.2) is 6.07 Å². The van der Waals surface area contributed by atoms with Crippen molar-refractivity contribution >= 4 is 11.6 Å². The number of aromatic hydroxyl groups is 1. The molecule has 3 N–H and O–H groups in total. The minimum Gasteiger partial charge on any atom is -0.507 e. The van der Waals surface area contributed by atoms with E-state index in [1.165, 1.54) is 13.2 Å². The monoisotopic (exact) mass is 205 g/mol. The van der Waals surface area contributed by atoms with Gasteiger partial charge in [-0.15, -0.1) is 0 Å².